The smallest absolute Gasteiger partial charge is 0.410 e. The van der Waals surface area contributed by atoms with Gasteiger partial charge in [0.15, 0.2) is 0 Å². The number of ether oxygens (including phenoxy) is 1. The number of piperidine rings is 1. The Morgan fingerprint density at radius 2 is 1.86 bits per heavy atom. The molecule has 0 N–H and O–H groups in total. The third kappa shape index (κ3) is 2.99. The summed E-state index contributed by atoms with van der Waals surface area (Å²) in [6.45, 7) is 9.63. The minimum absolute atomic E-state index is 0.158. The van der Waals surface area contributed by atoms with Gasteiger partial charge in [0.05, 0.1) is 0 Å². The van der Waals surface area contributed by atoms with Crippen LogP contribution in [0.15, 0.2) is 18.2 Å². The van der Waals surface area contributed by atoms with Crippen LogP contribution >= 0.6 is 0 Å². The molecule has 1 amide bonds. The normalized spacial score (nSPS) is 20.1. The number of carbonyl (C=O) groups is 1. The maximum Gasteiger partial charge on any atom is 0.410 e. The van der Waals surface area contributed by atoms with Crippen molar-refractivity contribution in [2.45, 2.75) is 59.0 Å². The molecule has 22 heavy (non-hydrogen) atoms. The van der Waals surface area contributed by atoms with Crippen LogP contribution < -0.4 is 0 Å². The lowest BCUT2D eigenvalue weighted by atomic mass is 9.76. The molecular formula is C19H27NO2. The van der Waals surface area contributed by atoms with Crippen molar-refractivity contribution in [1.29, 1.82) is 0 Å². The van der Waals surface area contributed by atoms with Crippen LogP contribution in [-0.2, 0) is 17.6 Å². The fourth-order valence-electron chi connectivity index (χ4n) is 3.87. The van der Waals surface area contributed by atoms with Crippen LogP contribution in [-0.4, -0.2) is 29.7 Å². The average molecular weight is 301 g/mol. The number of amides is 1. The van der Waals surface area contributed by atoms with Gasteiger partial charge >= 0.3 is 6.09 Å². The van der Waals surface area contributed by atoms with Crippen LogP contribution in [0.25, 0.3) is 0 Å². The van der Waals surface area contributed by atoms with E-state index in [0.29, 0.717) is 5.41 Å². The first-order chi connectivity index (χ1) is 10.3. The van der Waals surface area contributed by atoms with E-state index in [1.165, 1.54) is 24.0 Å². The molecule has 1 heterocycles. The van der Waals surface area contributed by atoms with Crippen molar-refractivity contribution in [3.63, 3.8) is 0 Å². The Labute approximate surface area is 133 Å². The molecule has 2 aliphatic rings. The largest absolute Gasteiger partial charge is 0.444 e. The summed E-state index contributed by atoms with van der Waals surface area (Å²) in [6, 6.07) is 6.66. The minimum atomic E-state index is -0.410. The van der Waals surface area contributed by atoms with Crippen LogP contribution in [0.3, 0.4) is 0 Å². The third-order valence-corrected chi connectivity index (χ3v) is 5.10. The van der Waals surface area contributed by atoms with E-state index in [4.69, 9.17) is 4.74 Å². The van der Waals surface area contributed by atoms with Gasteiger partial charge in [-0.15, -0.1) is 0 Å². The zero-order valence-corrected chi connectivity index (χ0v) is 14.2. The van der Waals surface area contributed by atoms with Crippen molar-refractivity contribution in [3.8, 4) is 0 Å². The van der Waals surface area contributed by atoms with Crippen molar-refractivity contribution in [1.82, 2.24) is 4.90 Å². The molecule has 0 radical (unpaired) electrons. The number of fused-ring (bicyclic) bond motifs is 1. The van der Waals surface area contributed by atoms with E-state index in [1.54, 1.807) is 5.56 Å². The number of rotatable bonds is 0. The minimum Gasteiger partial charge on any atom is -0.444 e. The van der Waals surface area contributed by atoms with E-state index in [2.05, 4.69) is 25.1 Å². The van der Waals surface area contributed by atoms with E-state index in [0.717, 1.165) is 25.9 Å². The van der Waals surface area contributed by atoms with E-state index >= 15 is 0 Å². The van der Waals surface area contributed by atoms with Crippen LogP contribution in [0.4, 0.5) is 4.79 Å². The van der Waals surface area contributed by atoms with Crippen LogP contribution in [0.5, 0.6) is 0 Å². The van der Waals surface area contributed by atoms with Gasteiger partial charge < -0.3 is 9.64 Å². The molecule has 1 aromatic rings. The van der Waals surface area contributed by atoms with Crippen molar-refractivity contribution in [3.05, 3.63) is 34.9 Å². The van der Waals surface area contributed by atoms with E-state index in [1.807, 2.05) is 25.7 Å². The first-order valence-corrected chi connectivity index (χ1v) is 8.33. The van der Waals surface area contributed by atoms with Gasteiger partial charge in [-0.25, -0.2) is 4.79 Å². The lowest BCUT2D eigenvalue weighted by Crippen LogP contribution is -2.45. The SMILES string of the molecule is Cc1cccc2c1CC1(CCN(C(=O)OC(C)(C)C)CC1)C2. The Morgan fingerprint density at radius 1 is 1.18 bits per heavy atom. The summed E-state index contributed by atoms with van der Waals surface area (Å²) in [5.41, 5.74) is 4.45. The Kier molecular flexibility index (Phi) is 3.70. The second-order valence-corrected chi connectivity index (χ2v) is 8.03. The molecule has 3 heteroatoms. The number of hydrogen-bond acceptors (Lipinski definition) is 2. The Bertz CT molecular complexity index is 578. The molecular weight excluding hydrogens is 274 g/mol. The number of benzene rings is 1. The average Bonchev–Trinajstić information content (AvgIpc) is 2.77. The number of aryl methyl sites for hydroxylation is 1. The first-order valence-electron chi connectivity index (χ1n) is 8.33. The topological polar surface area (TPSA) is 29.5 Å². The molecule has 0 saturated carbocycles. The highest BCUT2D eigenvalue weighted by molar-refractivity contribution is 5.68. The monoisotopic (exact) mass is 301 g/mol. The van der Waals surface area contributed by atoms with Crippen molar-refractivity contribution in [2.24, 2.45) is 5.41 Å². The molecule has 0 atom stereocenters. The molecule has 120 valence electrons. The van der Waals surface area contributed by atoms with Crippen LogP contribution in [0, 0.1) is 12.3 Å². The Hall–Kier alpha value is -1.51. The summed E-state index contributed by atoms with van der Waals surface area (Å²) in [7, 11) is 0. The Balaban J connectivity index is 1.64. The standard InChI is InChI=1S/C19H27NO2/c1-14-6-5-7-15-12-19(13-16(14)15)8-10-20(11-9-19)17(21)22-18(2,3)4/h5-7H,8-13H2,1-4H3. The quantitative estimate of drug-likeness (QED) is 0.721. The summed E-state index contributed by atoms with van der Waals surface area (Å²) in [5.74, 6) is 0. The summed E-state index contributed by atoms with van der Waals surface area (Å²) in [4.78, 5) is 14.1. The summed E-state index contributed by atoms with van der Waals surface area (Å²) >= 11 is 0. The molecule has 1 aromatic carbocycles. The predicted octanol–water partition coefficient (Wildman–Crippen LogP) is 4.11. The van der Waals surface area contributed by atoms with Gasteiger partial charge in [-0.05, 0) is 75.5 Å². The second kappa shape index (κ2) is 5.29. The number of likely N-dealkylation sites (tertiary alicyclic amines) is 1. The molecule has 1 fully saturated rings. The number of hydrogen-bond donors (Lipinski definition) is 0. The summed E-state index contributed by atoms with van der Waals surface area (Å²) < 4.78 is 5.50. The van der Waals surface area contributed by atoms with Gasteiger partial charge in [-0.3, -0.25) is 0 Å². The summed E-state index contributed by atoms with van der Waals surface area (Å²) in [6.07, 6.45) is 4.36. The molecule has 0 unspecified atom stereocenters. The lowest BCUT2D eigenvalue weighted by molar-refractivity contribution is 0.0111. The first kappa shape index (κ1) is 15.4. The van der Waals surface area contributed by atoms with Gasteiger partial charge in [0, 0.05) is 13.1 Å². The molecule has 1 aliphatic heterocycles. The van der Waals surface area contributed by atoms with Gasteiger partial charge in [-0.2, -0.15) is 0 Å². The van der Waals surface area contributed by atoms with Crippen LogP contribution in [0.2, 0.25) is 0 Å². The summed E-state index contributed by atoms with van der Waals surface area (Å²) in [5, 5.41) is 0. The fourth-order valence-corrected chi connectivity index (χ4v) is 3.87. The molecule has 1 saturated heterocycles. The lowest BCUT2D eigenvalue weighted by Gasteiger charge is -2.39. The zero-order valence-electron chi connectivity index (χ0n) is 14.2. The van der Waals surface area contributed by atoms with E-state index < -0.39 is 5.60 Å². The molecule has 1 spiro atoms. The number of carbonyl (C=O) groups excluding carboxylic acids is 1. The van der Waals surface area contributed by atoms with Gasteiger partial charge in [0.1, 0.15) is 5.60 Å². The van der Waals surface area contributed by atoms with E-state index in [-0.39, 0.29) is 6.09 Å². The van der Waals surface area contributed by atoms with E-state index in [9.17, 15) is 4.79 Å². The predicted molar refractivity (Wildman–Crippen MR) is 88.1 cm³/mol. The molecule has 1 aliphatic carbocycles. The highest BCUT2D eigenvalue weighted by atomic mass is 16.6. The maximum absolute atomic E-state index is 12.2. The molecule has 0 aromatic heterocycles. The van der Waals surface area contributed by atoms with Gasteiger partial charge in [0.25, 0.3) is 0 Å². The van der Waals surface area contributed by atoms with Crippen molar-refractivity contribution >= 4 is 6.09 Å². The van der Waals surface area contributed by atoms with Crippen molar-refractivity contribution < 1.29 is 9.53 Å². The van der Waals surface area contributed by atoms with Crippen LogP contribution in [0.1, 0.15) is 50.3 Å². The molecule has 3 nitrogen and oxygen atoms in total. The highest BCUT2D eigenvalue weighted by Crippen LogP contribution is 2.45. The second-order valence-electron chi connectivity index (χ2n) is 8.03. The maximum atomic E-state index is 12.2. The zero-order chi connectivity index (χ0) is 16.0. The van der Waals surface area contributed by atoms with Crippen molar-refractivity contribution in [2.75, 3.05) is 13.1 Å². The molecule has 0 bridgehead atoms. The number of nitrogens with zero attached hydrogens (tertiary/aromatic N) is 1. The van der Waals surface area contributed by atoms with Gasteiger partial charge in [-0.1, -0.05) is 18.2 Å². The van der Waals surface area contributed by atoms with Gasteiger partial charge in [0.2, 0.25) is 0 Å². The highest BCUT2D eigenvalue weighted by Gasteiger charge is 2.41. The Morgan fingerprint density at radius 3 is 2.45 bits per heavy atom. The fraction of sp³-hybridized carbons (Fsp3) is 0.632. The third-order valence-electron chi connectivity index (χ3n) is 5.10. The molecule has 3 rings (SSSR count).